The maximum atomic E-state index is 9.79. The molecule has 0 spiro atoms. The van der Waals surface area contributed by atoms with Gasteiger partial charge in [0.15, 0.2) is 0 Å². The van der Waals surface area contributed by atoms with Crippen LogP contribution in [0, 0.1) is 20.8 Å². The van der Waals surface area contributed by atoms with Crippen LogP contribution >= 0.6 is 0 Å². The number of aliphatic hydroxyl groups is 1. The molecule has 76 valence electrons. The molecule has 0 aliphatic carbocycles. The van der Waals surface area contributed by atoms with Gasteiger partial charge in [0.2, 0.25) is 0 Å². The Morgan fingerprint density at radius 1 is 1.29 bits per heavy atom. The predicted molar refractivity (Wildman–Crippen MR) is 60.4 cm³/mol. The van der Waals surface area contributed by atoms with Crippen LogP contribution in [0.5, 0.6) is 0 Å². The minimum atomic E-state index is -0.412. The summed E-state index contributed by atoms with van der Waals surface area (Å²) in [6.07, 6.45) is 1.95. The molecule has 1 rings (SSSR count). The Bertz CT molecular complexity index is 316. The molecule has 0 bridgehead atoms. The zero-order valence-corrected chi connectivity index (χ0v) is 9.17. The molecule has 1 atom stereocenters. The summed E-state index contributed by atoms with van der Waals surface area (Å²) < 4.78 is 0. The van der Waals surface area contributed by atoms with Crippen LogP contribution in [0.1, 0.15) is 34.8 Å². The Kier molecular flexibility index (Phi) is 3.48. The summed E-state index contributed by atoms with van der Waals surface area (Å²) in [7, 11) is 0. The van der Waals surface area contributed by atoms with E-state index in [1.54, 1.807) is 6.08 Å². The molecule has 1 heteroatoms. The van der Waals surface area contributed by atoms with Crippen molar-refractivity contribution in [2.45, 2.75) is 33.3 Å². The third kappa shape index (κ3) is 2.24. The lowest BCUT2D eigenvalue weighted by Gasteiger charge is -2.13. The average Bonchev–Trinajstić information content (AvgIpc) is 2.13. The standard InChI is InChI=1S/C13H18O/c1-5-6-13(14)12-7-9(2)11(4)10(3)8-12/h5,7-8,13-14H,1,6H2,2-4H3/t13-/m1/s1. The second kappa shape index (κ2) is 4.43. The van der Waals surface area contributed by atoms with E-state index in [-0.39, 0.29) is 0 Å². The van der Waals surface area contributed by atoms with Gasteiger partial charge in [-0.3, -0.25) is 0 Å². The van der Waals surface area contributed by atoms with Gasteiger partial charge < -0.3 is 5.11 Å². The smallest absolute Gasteiger partial charge is 0.0824 e. The first-order valence-electron chi connectivity index (χ1n) is 4.93. The fourth-order valence-corrected chi connectivity index (χ4v) is 1.56. The minimum Gasteiger partial charge on any atom is -0.388 e. The molecule has 1 aromatic carbocycles. The lowest BCUT2D eigenvalue weighted by molar-refractivity contribution is 0.181. The molecule has 0 unspecified atom stereocenters. The van der Waals surface area contributed by atoms with Crippen molar-refractivity contribution < 1.29 is 5.11 Å². The summed E-state index contributed by atoms with van der Waals surface area (Å²) in [5.41, 5.74) is 4.77. The SMILES string of the molecule is C=CC[C@@H](O)c1cc(C)c(C)c(C)c1. The highest BCUT2D eigenvalue weighted by Crippen LogP contribution is 2.22. The van der Waals surface area contributed by atoms with E-state index < -0.39 is 6.10 Å². The second-order valence-electron chi connectivity index (χ2n) is 3.82. The highest BCUT2D eigenvalue weighted by molar-refractivity contribution is 5.37. The molecule has 0 aliphatic heterocycles. The molecule has 1 N–H and O–H groups in total. The van der Waals surface area contributed by atoms with Gasteiger partial charge in [-0.2, -0.15) is 0 Å². The molecule has 1 aromatic rings. The van der Waals surface area contributed by atoms with Gasteiger partial charge in [0.1, 0.15) is 0 Å². The maximum Gasteiger partial charge on any atom is 0.0824 e. The minimum absolute atomic E-state index is 0.412. The van der Waals surface area contributed by atoms with E-state index in [0.717, 1.165) is 5.56 Å². The Balaban J connectivity index is 3.05. The van der Waals surface area contributed by atoms with Gasteiger partial charge in [-0.15, -0.1) is 6.58 Å². The molecule has 0 fully saturated rings. The lowest BCUT2D eigenvalue weighted by atomic mass is 9.97. The average molecular weight is 190 g/mol. The van der Waals surface area contributed by atoms with Crippen LogP contribution in [0.15, 0.2) is 24.8 Å². The van der Waals surface area contributed by atoms with E-state index in [1.165, 1.54) is 16.7 Å². The van der Waals surface area contributed by atoms with E-state index in [9.17, 15) is 5.11 Å². The quantitative estimate of drug-likeness (QED) is 0.725. The molecule has 0 saturated heterocycles. The van der Waals surface area contributed by atoms with Crippen molar-refractivity contribution >= 4 is 0 Å². The number of hydrogen-bond acceptors (Lipinski definition) is 1. The van der Waals surface area contributed by atoms with Crippen molar-refractivity contribution in [3.05, 3.63) is 47.0 Å². The predicted octanol–water partition coefficient (Wildman–Crippen LogP) is 3.22. The molecule has 0 saturated carbocycles. The third-order valence-electron chi connectivity index (χ3n) is 2.72. The van der Waals surface area contributed by atoms with E-state index in [0.29, 0.717) is 6.42 Å². The first-order valence-corrected chi connectivity index (χ1v) is 4.93. The second-order valence-corrected chi connectivity index (χ2v) is 3.82. The van der Waals surface area contributed by atoms with Gasteiger partial charge in [0.05, 0.1) is 6.10 Å². The number of aliphatic hydroxyl groups excluding tert-OH is 1. The highest BCUT2D eigenvalue weighted by atomic mass is 16.3. The van der Waals surface area contributed by atoms with Gasteiger partial charge in [-0.05, 0) is 49.4 Å². The van der Waals surface area contributed by atoms with E-state index in [1.807, 2.05) is 0 Å². The molecule has 0 aromatic heterocycles. The Morgan fingerprint density at radius 3 is 2.21 bits per heavy atom. The largest absolute Gasteiger partial charge is 0.388 e. The molecule has 0 radical (unpaired) electrons. The summed E-state index contributed by atoms with van der Waals surface area (Å²) in [6.45, 7) is 9.89. The molecule has 0 heterocycles. The molecule has 1 nitrogen and oxygen atoms in total. The van der Waals surface area contributed by atoms with Crippen LogP contribution in [0.4, 0.5) is 0 Å². The van der Waals surface area contributed by atoms with E-state index in [4.69, 9.17) is 0 Å². The molecular formula is C13H18O. The topological polar surface area (TPSA) is 20.2 Å². The van der Waals surface area contributed by atoms with Crippen LogP contribution in [0.25, 0.3) is 0 Å². The molecular weight excluding hydrogens is 172 g/mol. The zero-order chi connectivity index (χ0) is 10.7. The van der Waals surface area contributed by atoms with Crippen molar-refractivity contribution in [3.8, 4) is 0 Å². The fourth-order valence-electron chi connectivity index (χ4n) is 1.56. The monoisotopic (exact) mass is 190 g/mol. The number of aryl methyl sites for hydroxylation is 2. The van der Waals surface area contributed by atoms with Gasteiger partial charge in [-0.1, -0.05) is 18.2 Å². The van der Waals surface area contributed by atoms with Crippen LogP contribution in [0.2, 0.25) is 0 Å². The Morgan fingerprint density at radius 2 is 1.79 bits per heavy atom. The van der Waals surface area contributed by atoms with Crippen molar-refractivity contribution in [1.82, 2.24) is 0 Å². The summed E-state index contributed by atoms with van der Waals surface area (Å²) in [5, 5.41) is 9.79. The summed E-state index contributed by atoms with van der Waals surface area (Å²) in [5.74, 6) is 0. The van der Waals surface area contributed by atoms with Crippen LogP contribution < -0.4 is 0 Å². The summed E-state index contributed by atoms with van der Waals surface area (Å²) in [4.78, 5) is 0. The first-order chi connectivity index (χ1) is 6.56. The fraction of sp³-hybridized carbons (Fsp3) is 0.385. The Hall–Kier alpha value is -1.08. The van der Waals surface area contributed by atoms with Gasteiger partial charge >= 0.3 is 0 Å². The Labute approximate surface area is 86.1 Å². The molecule has 0 aliphatic rings. The van der Waals surface area contributed by atoms with E-state index in [2.05, 4.69) is 39.5 Å². The van der Waals surface area contributed by atoms with Crippen LogP contribution in [-0.4, -0.2) is 5.11 Å². The van der Waals surface area contributed by atoms with E-state index >= 15 is 0 Å². The molecule has 14 heavy (non-hydrogen) atoms. The van der Waals surface area contributed by atoms with Crippen molar-refractivity contribution in [1.29, 1.82) is 0 Å². The number of rotatable bonds is 3. The first kappa shape index (κ1) is 11.0. The lowest BCUT2D eigenvalue weighted by Crippen LogP contribution is -1.98. The summed E-state index contributed by atoms with van der Waals surface area (Å²) in [6, 6.07) is 4.10. The number of hydrogen-bond donors (Lipinski definition) is 1. The van der Waals surface area contributed by atoms with Crippen molar-refractivity contribution in [2.24, 2.45) is 0 Å². The van der Waals surface area contributed by atoms with Crippen molar-refractivity contribution in [3.63, 3.8) is 0 Å². The third-order valence-corrected chi connectivity index (χ3v) is 2.72. The van der Waals surface area contributed by atoms with Gasteiger partial charge in [0, 0.05) is 0 Å². The van der Waals surface area contributed by atoms with Crippen LogP contribution in [-0.2, 0) is 0 Å². The zero-order valence-electron chi connectivity index (χ0n) is 9.17. The van der Waals surface area contributed by atoms with Crippen molar-refractivity contribution in [2.75, 3.05) is 0 Å². The summed E-state index contributed by atoms with van der Waals surface area (Å²) >= 11 is 0. The van der Waals surface area contributed by atoms with Gasteiger partial charge in [0.25, 0.3) is 0 Å². The van der Waals surface area contributed by atoms with Gasteiger partial charge in [-0.25, -0.2) is 0 Å². The number of benzene rings is 1. The normalized spacial score (nSPS) is 12.6. The molecule has 0 amide bonds. The highest BCUT2D eigenvalue weighted by Gasteiger charge is 2.08. The van der Waals surface area contributed by atoms with Crippen LogP contribution in [0.3, 0.4) is 0 Å². The maximum absolute atomic E-state index is 9.79.